The van der Waals surface area contributed by atoms with E-state index >= 15 is 0 Å². The summed E-state index contributed by atoms with van der Waals surface area (Å²) in [6, 6.07) is 16.6. The second kappa shape index (κ2) is 8.84. The Morgan fingerprint density at radius 1 is 1.08 bits per heavy atom. The highest BCUT2D eigenvalue weighted by atomic mass is 16.5. The van der Waals surface area contributed by atoms with E-state index in [0.717, 1.165) is 16.7 Å². The number of nitrogens with two attached hydrogens (primary N) is 1. The Morgan fingerprint density at radius 2 is 1.79 bits per heavy atom. The normalized spacial score (nSPS) is 11.7. The predicted octanol–water partition coefficient (Wildman–Crippen LogP) is 1.72. The predicted molar refractivity (Wildman–Crippen MR) is 92.1 cm³/mol. The molecule has 0 unspecified atom stereocenters. The van der Waals surface area contributed by atoms with Gasteiger partial charge in [0.05, 0.1) is 6.61 Å². The largest absolute Gasteiger partial charge is 0.368 e. The molecule has 2 rings (SSSR count). The quantitative estimate of drug-likeness (QED) is 0.775. The van der Waals surface area contributed by atoms with Gasteiger partial charge >= 0.3 is 0 Å². The van der Waals surface area contributed by atoms with Gasteiger partial charge in [-0.3, -0.25) is 9.59 Å². The number of primary amides is 1. The standard InChI is InChI=1S/C19H22N2O3/c1-14-6-5-9-16(10-14)11-17(19(20)23)21-18(22)13-24-12-15-7-3-2-4-8-15/h2-10,17H,11-13H2,1H3,(H2,20,23)(H,21,22)/t17-/m1/s1. The summed E-state index contributed by atoms with van der Waals surface area (Å²) in [5, 5.41) is 2.63. The van der Waals surface area contributed by atoms with Gasteiger partial charge in [-0.2, -0.15) is 0 Å². The number of amides is 2. The van der Waals surface area contributed by atoms with Crippen molar-refractivity contribution in [2.45, 2.75) is 26.0 Å². The van der Waals surface area contributed by atoms with Gasteiger partial charge in [0, 0.05) is 6.42 Å². The number of benzene rings is 2. The molecule has 0 saturated heterocycles. The summed E-state index contributed by atoms with van der Waals surface area (Å²) in [6.07, 6.45) is 0.363. The molecule has 5 nitrogen and oxygen atoms in total. The Morgan fingerprint density at radius 3 is 2.46 bits per heavy atom. The first-order valence-electron chi connectivity index (χ1n) is 7.80. The van der Waals surface area contributed by atoms with Crippen LogP contribution in [-0.2, 0) is 27.4 Å². The number of aryl methyl sites for hydroxylation is 1. The summed E-state index contributed by atoms with van der Waals surface area (Å²) in [7, 11) is 0. The zero-order valence-corrected chi connectivity index (χ0v) is 13.7. The van der Waals surface area contributed by atoms with Gasteiger partial charge in [0.25, 0.3) is 0 Å². The molecule has 2 amide bonds. The van der Waals surface area contributed by atoms with E-state index in [4.69, 9.17) is 10.5 Å². The van der Waals surface area contributed by atoms with Crippen LogP contribution < -0.4 is 11.1 Å². The van der Waals surface area contributed by atoms with Gasteiger partial charge in [-0.25, -0.2) is 0 Å². The molecule has 0 aromatic heterocycles. The van der Waals surface area contributed by atoms with Crippen molar-refractivity contribution in [3.05, 3.63) is 71.3 Å². The molecule has 0 saturated carbocycles. The fraction of sp³-hybridized carbons (Fsp3) is 0.263. The number of ether oxygens (including phenoxy) is 1. The molecule has 0 spiro atoms. The average molecular weight is 326 g/mol. The number of hydrogen-bond donors (Lipinski definition) is 2. The van der Waals surface area contributed by atoms with Crippen LogP contribution in [0.5, 0.6) is 0 Å². The highest BCUT2D eigenvalue weighted by Crippen LogP contribution is 2.07. The summed E-state index contributed by atoms with van der Waals surface area (Å²) in [5.41, 5.74) is 8.42. The molecule has 0 aliphatic heterocycles. The van der Waals surface area contributed by atoms with E-state index in [1.807, 2.05) is 61.5 Å². The molecule has 0 heterocycles. The van der Waals surface area contributed by atoms with Crippen LogP contribution in [0.2, 0.25) is 0 Å². The Bertz CT molecular complexity index is 686. The average Bonchev–Trinajstić information content (AvgIpc) is 2.55. The van der Waals surface area contributed by atoms with Crippen LogP contribution in [0.3, 0.4) is 0 Å². The Hall–Kier alpha value is -2.66. The smallest absolute Gasteiger partial charge is 0.246 e. The van der Waals surface area contributed by atoms with Crippen LogP contribution >= 0.6 is 0 Å². The minimum atomic E-state index is -0.750. The van der Waals surface area contributed by atoms with Crippen LogP contribution in [-0.4, -0.2) is 24.5 Å². The lowest BCUT2D eigenvalue weighted by atomic mass is 10.0. The monoisotopic (exact) mass is 326 g/mol. The van der Waals surface area contributed by atoms with Gasteiger partial charge in [-0.1, -0.05) is 60.2 Å². The van der Waals surface area contributed by atoms with Crippen LogP contribution in [0.25, 0.3) is 0 Å². The maximum Gasteiger partial charge on any atom is 0.246 e. The van der Waals surface area contributed by atoms with Crippen molar-refractivity contribution >= 4 is 11.8 Å². The van der Waals surface area contributed by atoms with E-state index < -0.39 is 11.9 Å². The van der Waals surface area contributed by atoms with E-state index in [0.29, 0.717) is 13.0 Å². The van der Waals surface area contributed by atoms with Gasteiger partial charge < -0.3 is 15.8 Å². The van der Waals surface area contributed by atoms with E-state index in [-0.39, 0.29) is 12.5 Å². The van der Waals surface area contributed by atoms with Gasteiger partial charge in [-0.05, 0) is 18.1 Å². The first-order valence-corrected chi connectivity index (χ1v) is 7.80. The van der Waals surface area contributed by atoms with Gasteiger partial charge in [0.2, 0.25) is 11.8 Å². The third kappa shape index (κ3) is 5.85. The Balaban J connectivity index is 1.83. The van der Waals surface area contributed by atoms with E-state index in [2.05, 4.69) is 5.32 Å². The molecule has 2 aromatic carbocycles. The van der Waals surface area contributed by atoms with Gasteiger partial charge in [0.1, 0.15) is 12.6 Å². The van der Waals surface area contributed by atoms with Crippen molar-refractivity contribution < 1.29 is 14.3 Å². The fourth-order valence-corrected chi connectivity index (χ4v) is 2.37. The van der Waals surface area contributed by atoms with Crippen LogP contribution in [0.1, 0.15) is 16.7 Å². The second-order valence-corrected chi connectivity index (χ2v) is 5.69. The maximum absolute atomic E-state index is 12.0. The maximum atomic E-state index is 12.0. The zero-order chi connectivity index (χ0) is 17.4. The third-order valence-corrected chi connectivity index (χ3v) is 3.55. The molecule has 24 heavy (non-hydrogen) atoms. The number of hydrogen-bond acceptors (Lipinski definition) is 3. The zero-order valence-electron chi connectivity index (χ0n) is 13.7. The molecule has 2 aromatic rings. The highest BCUT2D eigenvalue weighted by Gasteiger charge is 2.18. The minimum absolute atomic E-state index is 0.119. The molecule has 5 heteroatoms. The number of nitrogens with one attached hydrogen (secondary N) is 1. The van der Waals surface area contributed by atoms with E-state index in [1.165, 1.54) is 0 Å². The van der Waals surface area contributed by atoms with Crippen molar-refractivity contribution in [3.8, 4) is 0 Å². The molecular weight excluding hydrogens is 304 g/mol. The third-order valence-electron chi connectivity index (χ3n) is 3.55. The Labute approximate surface area is 141 Å². The number of rotatable bonds is 8. The van der Waals surface area contributed by atoms with Crippen molar-refractivity contribution in [1.29, 1.82) is 0 Å². The molecule has 3 N–H and O–H groups in total. The minimum Gasteiger partial charge on any atom is -0.368 e. The lowest BCUT2D eigenvalue weighted by molar-refractivity contribution is -0.130. The van der Waals surface area contributed by atoms with Gasteiger partial charge in [0.15, 0.2) is 0 Å². The first kappa shape index (κ1) is 17.7. The first-order chi connectivity index (χ1) is 11.5. The molecule has 0 radical (unpaired) electrons. The summed E-state index contributed by atoms with van der Waals surface area (Å²) < 4.78 is 5.37. The van der Waals surface area contributed by atoms with Crippen LogP contribution in [0.4, 0.5) is 0 Å². The molecule has 0 fully saturated rings. The highest BCUT2D eigenvalue weighted by molar-refractivity contribution is 5.87. The van der Waals surface area contributed by atoms with Crippen molar-refractivity contribution in [3.63, 3.8) is 0 Å². The topological polar surface area (TPSA) is 81.4 Å². The number of carbonyl (C=O) groups is 2. The summed E-state index contributed by atoms with van der Waals surface area (Å²) in [6.45, 7) is 2.19. The van der Waals surface area contributed by atoms with Crippen LogP contribution in [0.15, 0.2) is 54.6 Å². The van der Waals surface area contributed by atoms with E-state index in [9.17, 15) is 9.59 Å². The molecular formula is C19H22N2O3. The molecule has 0 bridgehead atoms. The summed E-state index contributed by atoms with van der Waals surface area (Å²) in [5.74, 6) is -0.921. The lowest BCUT2D eigenvalue weighted by Crippen LogP contribution is -2.47. The molecule has 0 aliphatic rings. The molecule has 126 valence electrons. The van der Waals surface area contributed by atoms with Crippen LogP contribution in [0, 0.1) is 6.92 Å². The van der Waals surface area contributed by atoms with E-state index in [1.54, 1.807) is 0 Å². The van der Waals surface area contributed by atoms with Crippen molar-refractivity contribution in [1.82, 2.24) is 5.32 Å². The SMILES string of the molecule is Cc1cccc(C[C@@H](NC(=O)COCc2ccccc2)C(N)=O)c1. The van der Waals surface area contributed by atoms with Crippen molar-refractivity contribution in [2.75, 3.05) is 6.61 Å². The molecule has 1 atom stereocenters. The second-order valence-electron chi connectivity index (χ2n) is 5.69. The fourth-order valence-electron chi connectivity index (χ4n) is 2.37. The summed E-state index contributed by atoms with van der Waals surface area (Å²) in [4.78, 5) is 23.5. The van der Waals surface area contributed by atoms with Gasteiger partial charge in [-0.15, -0.1) is 0 Å². The Kier molecular flexibility index (Phi) is 6.51. The lowest BCUT2D eigenvalue weighted by Gasteiger charge is -2.16. The number of carbonyl (C=O) groups excluding carboxylic acids is 2. The van der Waals surface area contributed by atoms with Crippen molar-refractivity contribution in [2.24, 2.45) is 5.73 Å². The molecule has 0 aliphatic carbocycles. The summed E-state index contributed by atoms with van der Waals surface area (Å²) >= 11 is 0.